The van der Waals surface area contributed by atoms with Gasteiger partial charge in [-0.1, -0.05) is 0 Å². The normalized spacial score (nSPS) is 26.4. The molecule has 0 radical (unpaired) electrons. The summed E-state index contributed by atoms with van der Waals surface area (Å²) in [4.78, 5) is 4.00. The molecule has 0 aromatic rings. The van der Waals surface area contributed by atoms with Gasteiger partial charge in [0.15, 0.2) is 15.8 Å². The van der Waals surface area contributed by atoms with E-state index in [0.29, 0.717) is 31.2 Å². The predicted octanol–water partition coefficient (Wildman–Crippen LogP) is -0.512. The first-order chi connectivity index (χ1) is 6.56. The van der Waals surface area contributed by atoms with Gasteiger partial charge >= 0.3 is 0 Å². The number of nitrogens with zero attached hydrogens (tertiary/aromatic N) is 1. The summed E-state index contributed by atoms with van der Waals surface area (Å²) in [6, 6.07) is 0. The number of guanidine groups is 1. The molecule has 1 rings (SSSR count). The Kier molecular flexibility index (Phi) is 3.74. The molecule has 3 N–H and O–H groups in total. The van der Waals surface area contributed by atoms with Crippen molar-refractivity contribution in [2.24, 2.45) is 10.7 Å². The Morgan fingerprint density at radius 1 is 1.64 bits per heavy atom. The van der Waals surface area contributed by atoms with Gasteiger partial charge < -0.3 is 11.1 Å². The van der Waals surface area contributed by atoms with Crippen LogP contribution < -0.4 is 11.1 Å². The second-order valence-electron chi connectivity index (χ2n) is 3.39. The third kappa shape index (κ3) is 2.87. The van der Waals surface area contributed by atoms with E-state index in [1.165, 1.54) is 0 Å². The lowest BCUT2D eigenvalue weighted by Gasteiger charge is -2.06. The van der Waals surface area contributed by atoms with Gasteiger partial charge in [0.2, 0.25) is 0 Å². The second kappa shape index (κ2) is 4.63. The minimum atomic E-state index is -2.89. The largest absolute Gasteiger partial charge is 0.370 e. The Labute approximate surface area is 84.7 Å². The Balaban J connectivity index is 2.49. The van der Waals surface area contributed by atoms with E-state index in [9.17, 15) is 8.42 Å². The van der Waals surface area contributed by atoms with E-state index in [4.69, 9.17) is 5.73 Å². The van der Waals surface area contributed by atoms with Crippen molar-refractivity contribution in [1.82, 2.24) is 5.32 Å². The molecule has 0 saturated carbocycles. The zero-order valence-electron chi connectivity index (χ0n) is 8.36. The van der Waals surface area contributed by atoms with E-state index in [1.54, 1.807) is 0 Å². The van der Waals surface area contributed by atoms with E-state index in [2.05, 4.69) is 10.3 Å². The summed E-state index contributed by atoms with van der Waals surface area (Å²) in [5.74, 6) is 0.628. The molecule has 1 aliphatic rings. The minimum absolute atomic E-state index is 0.293. The second-order valence-corrected chi connectivity index (χ2v) is 5.79. The standard InChI is InChI=1S/C8H17N3O2S/c1-2-10-8(9)11-6-7-4-3-5-14(7,12)13/h7H,2-6H2,1H3,(H3,9,10,11). The van der Waals surface area contributed by atoms with Crippen LogP contribution in [-0.4, -0.2) is 38.5 Å². The van der Waals surface area contributed by atoms with Crippen LogP contribution in [0.25, 0.3) is 0 Å². The van der Waals surface area contributed by atoms with Gasteiger partial charge in [0.25, 0.3) is 0 Å². The van der Waals surface area contributed by atoms with Gasteiger partial charge in [0.1, 0.15) is 0 Å². The lowest BCUT2D eigenvalue weighted by Crippen LogP contribution is -2.32. The molecule has 0 aromatic carbocycles. The molecule has 1 aliphatic heterocycles. The van der Waals surface area contributed by atoms with Gasteiger partial charge in [0.05, 0.1) is 17.5 Å². The fraction of sp³-hybridized carbons (Fsp3) is 0.875. The first kappa shape index (κ1) is 11.3. The molecule has 0 amide bonds. The van der Waals surface area contributed by atoms with Crippen LogP contribution in [0.5, 0.6) is 0 Å². The summed E-state index contributed by atoms with van der Waals surface area (Å²) in [5.41, 5.74) is 5.49. The molecular weight excluding hydrogens is 202 g/mol. The molecule has 82 valence electrons. The first-order valence-corrected chi connectivity index (χ1v) is 6.53. The molecule has 0 aliphatic carbocycles. The maximum atomic E-state index is 11.4. The highest BCUT2D eigenvalue weighted by Crippen LogP contribution is 2.19. The van der Waals surface area contributed by atoms with Gasteiger partial charge in [-0.2, -0.15) is 0 Å². The van der Waals surface area contributed by atoms with E-state index in [-0.39, 0.29) is 5.25 Å². The number of nitrogens with one attached hydrogen (secondary N) is 1. The third-order valence-electron chi connectivity index (χ3n) is 2.29. The van der Waals surface area contributed by atoms with E-state index in [0.717, 1.165) is 6.42 Å². The van der Waals surface area contributed by atoms with Crippen molar-refractivity contribution >= 4 is 15.8 Å². The molecule has 1 saturated heterocycles. The summed E-state index contributed by atoms with van der Waals surface area (Å²) in [7, 11) is -2.89. The zero-order valence-corrected chi connectivity index (χ0v) is 9.18. The molecule has 1 fully saturated rings. The van der Waals surface area contributed by atoms with Crippen LogP contribution >= 0.6 is 0 Å². The molecule has 5 nitrogen and oxygen atoms in total. The Hall–Kier alpha value is -0.780. The highest BCUT2D eigenvalue weighted by molar-refractivity contribution is 7.92. The Bertz CT molecular complexity index is 311. The first-order valence-electron chi connectivity index (χ1n) is 4.81. The number of hydrogen-bond acceptors (Lipinski definition) is 3. The maximum absolute atomic E-state index is 11.4. The van der Waals surface area contributed by atoms with Crippen molar-refractivity contribution in [1.29, 1.82) is 0 Å². The Morgan fingerprint density at radius 3 is 2.86 bits per heavy atom. The molecule has 0 aromatic heterocycles. The zero-order chi connectivity index (χ0) is 10.6. The molecule has 14 heavy (non-hydrogen) atoms. The monoisotopic (exact) mass is 219 g/mol. The number of hydrogen-bond donors (Lipinski definition) is 2. The van der Waals surface area contributed by atoms with E-state index < -0.39 is 9.84 Å². The van der Waals surface area contributed by atoms with Crippen molar-refractivity contribution in [3.8, 4) is 0 Å². The highest BCUT2D eigenvalue weighted by Gasteiger charge is 2.30. The molecule has 1 heterocycles. The molecule has 1 atom stereocenters. The number of nitrogens with two attached hydrogens (primary N) is 1. The highest BCUT2D eigenvalue weighted by atomic mass is 32.2. The smallest absolute Gasteiger partial charge is 0.188 e. The van der Waals surface area contributed by atoms with Crippen molar-refractivity contribution in [2.45, 2.75) is 25.0 Å². The average Bonchev–Trinajstić information content (AvgIpc) is 2.42. The number of sulfone groups is 1. The maximum Gasteiger partial charge on any atom is 0.188 e. The number of aliphatic imine (C=N–C) groups is 1. The molecule has 0 spiro atoms. The molecule has 6 heteroatoms. The van der Waals surface area contributed by atoms with Crippen LogP contribution in [0.3, 0.4) is 0 Å². The van der Waals surface area contributed by atoms with Crippen LogP contribution in [0.2, 0.25) is 0 Å². The van der Waals surface area contributed by atoms with Crippen LogP contribution in [-0.2, 0) is 9.84 Å². The third-order valence-corrected chi connectivity index (χ3v) is 4.54. The van der Waals surface area contributed by atoms with Crippen molar-refractivity contribution in [3.63, 3.8) is 0 Å². The van der Waals surface area contributed by atoms with Gasteiger partial charge in [-0.05, 0) is 19.8 Å². The summed E-state index contributed by atoms with van der Waals surface area (Å²) in [6.45, 7) is 2.91. The molecule has 1 unspecified atom stereocenters. The van der Waals surface area contributed by atoms with Crippen molar-refractivity contribution in [3.05, 3.63) is 0 Å². The SMILES string of the molecule is CCNC(N)=NCC1CCCS1(=O)=O. The predicted molar refractivity (Wildman–Crippen MR) is 57.0 cm³/mol. The quantitative estimate of drug-likeness (QED) is 0.494. The minimum Gasteiger partial charge on any atom is -0.370 e. The van der Waals surface area contributed by atoms with Gasteiger partial charge in [-0.3, -0.25) is 4.99 Å². The van der Waals surface area contributed by atoms with Gasteiger partial charge in [-0.25, -0.2) is 8.42 Å². The van der Waals surface area contributed by atoms with Crippen LogP contribution in [0.15, 0.2) is 4.99 Å². The summed E-state index contributed by atoms with van der Waals surface area (Å²) >= 11 is 0. The number of rotatable bonds is 3. The lowest BCUT2D eigenvalue weighted by atomic mass is 10.2. The molecule has 0 bridgehead atoms. The van der Waals surface area contributed by atoms with Gasteiger partial charge in [-0.15, -0.1) is 0 Å². The fourth-order valence-corrected chi connectivity index (χ4v) is 3.23. The van der Waals surface area contributed by atoms with Gasteiger partial charge in [0, 0.05) is 6.54 Å². The van der Waals surface area contributed by atoms with E-state index in [1.807, 2.05) is 6.92 Å². The topological polar surface area (TPSA) is 84.5 Å². The van der Waals surface area contributed by atoms with Crippen LogP contribution in [0, 0.1) is 0 Å². The van der Waals surface area contributed by atoms with Crippen molar-refractivity contribution < 1.29 is 8.42 Å². The summed E-state index contributed by atoms with van der Waals surface area (Å²) in [5, 5.41) is 2.51. The Morgan fingerprint density at radius 2 is 2.36 bits per heavy atom. The average molecular weight is 219 g/mol. The van der Waals surface area contributed by atoms with Crippen LogP contribution in [0.1, 0.15) is 19.8 Å². The summed E-state index contributed by atoms with van der Waals surface area (Å²) < 4.78 is 22.8. The van der Waals surface area contributed by atoms with E-state index >= 15 is 0 Å². The summed E-state index contributed by atoms with van der Waals surface area (Å²) in [6.07, 6.45) is 1.47. The molecular formula is C8H17N3O2S. The fourth-order valence-electron chi connectivity index (χ4n) is 1.50. The van der Waals surface area contributed by atoms with Crippen molar-refractivity contribution in [2.75, 3.05) is 18.8 Å². The lowest BCUT2D eigenvalue weighted by molar-refractivity contribution is 0.590. The van der Waals surface area contributed by atoms with Crippen LogP contribution in [0.4, 0.5) is 0 Å².